The van der Waals surface area contributed by atoms with Crippen molar-refractivity contribution in [2.45, 2.75) is 39.2 Å². The van der Waals surface area contributed by atoms with E-state index in [1.54, 1.807) is 0 Å². The van der Waals surface area contributed by atoms with Crippen LogP contribution in [0.5, 0.6) is 0 Å². The average Bonchev–Trinajstić information content (AvgIpc) is 3.07. The van der Waals surface area contributed by atoms with Gasteiger partial charge < -0.3 is 5.32 Å². The first-order chi connectivity index (χ1) is 8.09. The second-order valence-electron chi connectivity index (χ2n) is 4.76. The van der Waals surface area contributed by atoms with Gasteiger partial charge in [0.2, 0.25) is 0 Å². The maximum atomic E-state index is 11.5. The normalized spacial score (nSPS) is 16.6. The smallest absolute Gasteiger partial charge is 0.151 e. The van der Waals surface area contributed by atoms with Crippen molar-refractivity contribution < 1.29 is 8.42 Å². The number of rotatable bonds is 10. The fourth-order valence-electron chi connectivity index (χ4n) is 2.03. The van der Waals surface area contributed by atoms with E-state index >= 15 is 0 Å². The Hall–Kier alpha value is -0.130. The first-order valence-corrected chi connectivity index (χ1v) is 8.56. The molecule has 17 heavy (non-hydrogen) atoms. The van der Waals surface area contributed by atoms with Gasteiger partial charge in [-0.05, 0) is 25.8 Å². The van der Waals surface area contributed by atoms with Gasteiger partial charge in [0.25, 0.3) is 0 Å². The van der Waals surface area contributed by atoms with E-state index in [2.05, 4.69) is 17.1 Å². The lowest BCUT2D eigenvalue weighted by atomic mass is 10.4. The zero-order valence-corrected chi connectivity index (χ0v) is 11.9. The van der Waals surface area contributed by atoms with E-state index in [1.807, 2.05) is 6.92 Å². The van der Waals surface area contributed by atoms with Gasteiger partial charge in [-0.15, -0.1) is 0 Å². The van der Waals surface area contributed by atoms with Gasteiger partial charge in [0.1, 0.15) is 0 Å². The molecule has 0 aromatic carbocycles. The Morgan fingerprint density at radius 3 is 2.41 bits per heavy atom. The van der Waals surface area contributed by atoms with Gasteiger partial charge >= 0.3 is 0 Å². The predicted octanol–water partition coefficient (Wildman–Crippen LogP) is 0.885. The summed E-state index contributed by atoms with van der Waals surface area (Å²) in [5.41, 5.74) is 0. The van der Waals surface area contributed by atoms with Crippen LogP contribution < -0.4 is 5.32 Å². The summed E-state index contributed by atoms with van der Waals surface area (Å²) < 4.78 is 22.9. The first-order valence-electron chi connectivity index (χ1n) is 6.74. The molecule has 0 radical (unpaired) electrons. The van der Waals surface area contributed by atoms with Crippen LogP contribution in [0.3, 0.4) is 0 Å². The Morgan fingerprint density at radius 1 is 1.18 bits per heavy atom. The van der Waals surface area contributed by atoms with E-state index in [0.29, 0.717) is 18.7 Å². The predicted molar refractivity (Wildman–Crippen MR) is 72.1 cm³/mol. The highest BCUT2D eigenvalue weighted by Crippen LogP contribution is 2.25. The zero-order chi connectivity index (χ0) is 12.7. The van der Waals surface area contributed by atoms with Crippen molar-refractivity contribution in [3.05, 3.63) is 0 Å². The molecule has 0 unspecified atom stereocenters. The van der Waals surface area contributed by atoms with Crippen LogP contribution in [0.25, 0.3) is 0 Å². The molecular weight excluding hydrogens is 236 g/mol. The van der Waals surface area contributed by atoms with Crippen molar-refractivity contribution in [1.82, 2.24) is 10.2 Å². The molecule has 0 bridgehead atoms. The second kappa shape index (κ2) is 7.34. The Labute approximate surface area is 106 Å². The van der Waals surface area contributed by atoms with Gasteiger partial charge in [-0.2, -0.15) is 0 Å². The largest absolute Gasteiger partial charge is 0.314 e. The van der Waals surface area contributed by atoms with Crippen LogP contribution in [0.2, 0.25) is 0 Å². The number of likely N-dealkylation sites (N-methyl/N-ethyl adjacent to an activating group) is 1. The van der Waals surface area contributed by atoms with Gasteiger partial charge in [-0.1, -0.05) is 13.8 Å². The molecule has 0 saturated heterocycles. The summed E-state index contributed by atoms with van der Waals surface area (Å²) in [5, 5.41) is 3.23. The third-order valence-corrected chi connectivity index (χ3v) is 5.01. The van der Waals surface area contributed by atoms with Crippen molar-refractivity contribution in [3.63, 3.8) is 0 Å². The quantitative estimate of drug-likeness (QED) is 0.594. The first kappa shape index (κ1) is 14.9. The molecule has 1 fully saturated rings. The minimum Gasteiger partial charge on any atom is -0.314 e. The van der Waals surface area contributed by atoms with Crippen molar-refractivity contribution in [3.8, 4) is 0 Å². The summed E-state index contributed by atoms with van der Waals surface area (Å²) in [4.78, 5) is 2.47. The Kier molecular flexibility index (Phi) is 6.44. The number of nitrogens with zero attached hydrogens (tertiary/aromatic N) is 1. The molecule has 1 N–H and O–H groups in total. The highest BCUT2D eigenvalue weighted by molar-refractivity contribution is 7.91. The van der Waals surface area contributed by atoms with E-state index in [1.165, 1.54) is 12.8 Å². The van der Waals surface area contributed by atoms with Crippen LogP contribution in [0.1, 0.15) is 33.1 Å². The molecule has 1 aliphatic carbocycles. The van der Waals surface area contributed by atoms with Gasteiger partial charge in [-0.25, -0.2) is 8.42 Å². The highest BCUT2D eigenvalue weighted by atomic mass is 32.2. The summed E-state index contributed by atoms with van der Waals surface area (Å²) in [6, 6.07) is 0.797. The molecule has 102 valence electrons. The number of sulfone groups is 1. The number of hydrogen-bond donors (Lipinski definition) is 1. The van der Waals surface area contributed by atoms with Crippen LogP contribution in [0, 0.1) is 0 Å². The van der Waals surface area contributed by atoms with E-state index in [0.717, 1.165) is 25.7 Å². The topological polar surface area (TPSA) is 49.4 Å². The van der Waals surface area contributed by atoms with Crippen LogP contribution in [-0.2, 0) is 9.84 Å². The minimum absolute atomic E-state index is 0.274. The molecule has 0 aromatic heterocycles. The minimum atomic E-state index is -2.82. The fraction of sp³-hybridized carbons (Fsp3) is 1.00. The molecule has 1 saturated carbocycles. The molecular formula is C12H26N2O2S. The summed E-state index contributed by atoms with van der Waals surface area (Å²) >= 11 is 0. The van der Waals surface area contributed by atoms with Crippen molar-refractivity contribution in [1.29, 1.82) is 0 Å². The average molecular weight is 262 g/mol. The molecule has 4 nitrogen and oxygen atoms in total. The van der Waals surface area contributed by atoms with Crippen LogP contribution in [0.15, 0.2) is 0 Å². The molecule has 0 aliphatic heterocycles. The molecule has 0 heterocycles. The van der Waals surface area contributed by atoms with E-state index in [9.17, 15) is 8.42 Å². The lowest BCUT2D eigenvalue weighted by molar-refractivity contribution is 0.278. The lowest BCUT2D eigenvalue weighted by Gasteiger charge is -2.19. The van der Waals surface area contributed by atoms with E-state index < -0.39 is 9.84 Å². The summed E-state index contributed by atoms with van der Waals surface area (Å²) in [7, 11) is -2.82. The molecule has 0 amide bonds. The third kappa shape index (κ3) is 6.38. The van der Waals surface area contributed by atoms with Gasteiger partial charge in [-0.3, -0.25) is 4.90 Å². The van der Waals surface area contributed by atoms with Crippen LogP contribution >= 0.6 is 0 Å². The van der Waals surface area contributed by atoms with E-state index in [4.69, 9.17) is 0 Å². The van der Waals surface area contributed by atoms with Gasteiger partial charge in [0, 0.05) is 31.4 Å². The summed E-state index contributed by atoms with van der Waals surface area (Å²) in [5.74, 6) is 0.592. The van der Waals surface area contributed by atoms with Gasteiger partial charge in [0.15, 0.2) is 9.84 Å². The summed E-state index contributed by atoms with van der Waals surface area (Å²) in [6.07, 6.45) is 3.38. The Bertz CT molecular complexity index is 300. The highest BCUT2D eigenvalue weighted by Gasteiger charge is 2.26. The molecule has 0 spiro atoms. The number of hydrogen-bond acceptors (Lipinski definition) is 4. The third-order valence-electron chi connectivity index (χ3n) is 3.15. The maximum Gasteiger partial charge on any atom is 0.151 e. The van der Waals surface area contributed by atoms with Crippen LogP contribution in [-0.4, -0.2) is 57.0 Å². The standard InChI is InChI=1S/C12H26N2O2S/c1-3-10-17(15,16)11-8-13-7-9-14(4-2)12-5-6-12/h12-13H,3-11H2,1-2H3. The SMILES string of the molecule is CCCS(=O)(=O)CCNCCN(CC)C1CC1. The number of nitrogens with one attached hydrogen (secondary N) is 1. The van der Waals surface area contributed by atoms with Gasteiger partial charge in [0.05, 0.1) is 5.75 Å². The second-order valence-corrected chi connectivity index (χ2v) is 7.07. The van der Waals surface area contributed by atoms with Crippen molar-refractivity contribution in [2.75, 3.05) is 37.7 Å². The lowest BCUT2D eigenvalue weighted by Crippen LogP contribution is -2.35. The molecule has 1 rings (SSSR count). The Balaban J connectivity index is 2.03. The maximum absolute atomic E-state index is 11.5. The summed E-state index contributed by atoms with van der Waals surface area (Å²) in [6.45, 7) is 7.70. The molecule has 5 heteroatoms. The van der Waals surface area contributed by atoms with Crippen LogP contribution in [0.4, 0.5) is 0 Å². The fourth-order valence-corrected chi connectivity index (χ4v) is 3.31. The zero-order valence-electron chi connectivity index (χ0n) is 11.1. The van der Waals surface area contributed by atoms with Crippen molar-refractivity contribution >= 4 is 9.84 Å². The monoisotopic (exact) mass is 262 g/mol. The van der Waals surface area contributed by atoms with E-state index in [-0.39, 0.29) is 5.75 Å². The molecule has 0 aromatic rings. The van der Waals surface area contributed by atoms with Crippen molar-refractivity contribution in [2.24, 2.45) is 0 Å². The molecule has 1 aliphatic rings. The Morgan fingerprint density at radius 2 is 1.88 bits per heavy atom. The molecule has 0 atom stereocenters.